The minimum atomic E-state index is -0.352. The summed E-state index contributed by atoms with van der Waals surface area (Å²) in [5.41, 5.74) is 5.31. The predicted octanol–water partition coefficient (Wildman–Crippen LogP) is 6.23. The summed E-state index contributed by atoms with van der Waals surface area (Å²) in [7, 11) is 1.87. The second-order valence-electron chi connectivity index (χ2n) is 12.3. The molecule has 2 aromatic heterocycles. The van der Waals surface area contributed by atoms with Gasteiger partial charge >= 0.3 is 5.97 Å². The number of esters is 1. The van der Waals surface area contributed by atoms with Crippen molar-refractivity contribution in [2.45, 2.75) is 75.9 Å². The number of ether oxygens (including phenoxy) is 3. The normalized spacial score (nSPS) is 22.8. The molecule has 9 heteroatoms. The van der Waals surface area contributed by atoms with Gasteiger partial charge in [-0.25, -0.2) is 9.48 Å². The summed E-state index contributed by atoms with van der Waals surface area (Å²) >= 11 is 0. The van der Waals surface area contributed by atoms with Crippen LogP contribution in [0.3, 0.4) is 0 Å². The van der Waals surface area contributed by atoms with Crippen molar-refractivity contribution in [3.05, 3.63) is 77.9 Å². The maximum Gasteiger partial charge on any atom is 0.342 e. The average molecular weight is 582 g/mol. The van der Waals surface area contributed by atoms with E-state index in [2.05, 4.69) is 47.6 Å². The number of carbonyl (C=O) groups excluding carboxylic acids is 1. The van der Waals surface area contributed by atoms with Crippen molar-refractivity contribution < 1.29 is 19.0 Å². The van der Waals surface area contributed by atoms with Crippen molar-refractivity contribution in [3.63, 3.8) is 0 Å². The fourth-order valence-electron chi connectivity index (χ4n) is 6.74. The molecular formula is C34H39N5O4. The highest BCUT2D eigenvalue weighted by Gasteiger charge is 2.46. The topological polar surface area (TPSA) is 93.3 Å². The Balaban J connectivity index is 1.17. The van der Waals surface area contributed by atoms with Gasteiger partial charge < -0.3 is 14.2 Å². The molecule has 4 atom stereocenters. The molecule has 2 aliphatic carbocycles. The monoisotopic (exact) mass is 581 g/mol. The molecule has 4 aromatic rings. The lowest BCUT2D eigenvalue weighted by molar-refractivity contribution is 0.0269. The summed E-state index contributed by atoms with van der Waals surface area (Å²) < 4.78 is 21.3. The van der Waals surface area contributed by atoms with Gasteiger partial charge in [-0.05, 0) is 67.5 Å². The minimum absolute atomic E-state index is 0.0863. The first-order valence-corrected chi connectivity index (χ1v) is 15.6. The zero-order valence-electron chi connectivity index (χ0n) is 24.9. The van der Waals surface area contributed by atoms with E-state index in [0.717, 1.165) is 40.4 Å². The highest BCUT2D eigenvalue weighted by Crippen LogP contribution is 2.55. The maximum absolute atomic E-state index is 13.4. The van der Waals surface area contributed by atoms with E-state index in [-0.39, 0.29) is 30.0 Å². The van der Waals surface area contributed by atoms with Gasteiger partial charge in [0.1, 0.15) is 17.4 Å². The van der Waals surface area contributed by atoms with Gasteiger partial charge in [-0.3, -0.25) is 4.68 Å². The Morgan fingerprint density at radius 2 is 1.84 bits per heavy atom. The molecule has 3 heterocycles. The number of hydrogen-bond donors (Lipinski definition) is 0. The molecule has 3 fully saturated rings. The molecule has 1 aliphatic heterocycles. The number of hydrogen-bond acceptors (Lipinski definition) is 7. The molecule has 1 unspecified atom stereocenters. The lowest BCUT2D eigenvalue weighted by Crippen LogP contribution is -2.25. The molecule has 1 saturated heterocycles. The average Bonchev–Trinajstić information content (AvgIpc) is 3.37. The maximum atomic E-state index is 13.4. The van der Waals surface area contributed by atoms with Crippen molar-refractivity contribution in [3.8, 4) is 22.6 Å². The molecule has 43 heavy (non-hydrogen) atoms. The van der Waals surface area contributed by atoms with Crippen molar-refractivity contribution in [2.24, 2.45) is 13.0 Å². The molecule has 3 aliphatic rings. The smallest absolute Gasteiger partial charge is 0.342 e. The summed E-state index contributed by atoms with van der Waals surface area (Å²) in [4.78, 5) is 13.4. The largest absolute Gasteiger partial charge is 0.490 e. The number of nitrogens with zero attached hydrogens (tertiary/aromatic N) is 5. The van der Waals surface area contributed by atoms with Gasteiger partial charge in [-0.15, -0.1) is 5.10 Å². The minimum Gasteiger partial charge on any atom is -0.490 e. The van der Waals surface area contributed by atoms with Gasteiger partial charge in [0, 0.05) is 31.5 Å². The third-order valence-electron chi connectivity index (χ3n) is 9.22. The predicted molar refractivity (Wildman–Crippen MR) is 161 cm³/mol. The van der Waals surface area contributed by atoms with Crippen LogP contribution in [0.1, 0.15) is 85.5 Å². The van der Waals surface area contributed by atoms with Crippen molar-refractivity contribution in [2.75, 3.05) is 13.2 Å². The van der Waals surface area contributed by atoms with Gasteiger partial charge in [0.2, 0.25) is 0 Å². The lowest BCUT2D eigenvalue weighted by Gasteiger charge is -2.28. The van der Waals surface area contributed by atoms with Crippen LogP contribution in [-0.2, 0) is 16.5 Å². The molecule has 224 valence electrons. The number of aromatic nitrogens is 5. The Hall–Kier alpha value is -3.98. The first kappa shape index (κ1) is 27.8. The number of carbonyl (C=O) groups is 1. The highest BCUT2D eigenvalue weighted by atomic mass is 16.6. The molecule has 0 N–H and O–H groups in total. The molecule has 9 nitrogen and oxygen atoms in total. The van der Waals surface area contributed by atoms with E-state index in [0.29, 0.717) is 31.1 Å². The van der Waals surface area contributed by atoms with Crippen molar-refractivity contribution >= 4 is 5.97 Å². The Labute approximate surface area is 252 Å². The second-order valence-corrected chi connectivity index (χ2v) is 12.3. The summed E-state index contributed by atoms with van der Waals surface area (Å²) in [5.74, 6) is 1.42. The van der Waals surface area contributed by atoms with E-state index in [1.165, 1.54) is 32.1 Å². The summed E-state index contributed by atoms with van der Waals surface area (Å²) in [6.07, 6.45) is 11.6. The van der Waals surface area contributed by atoms with Crippen LogP contribution in [0.5, 0.6) is 5.75 Å². The van der Waals surface area contributed by atoms with Crippen LogP contribution in [0.15, 0.2) is 60.9 Å². The Bertz CT molecular complexity index is 1580. The highest BCUT2D eigenvalue weighted by molar-refractivity contribution is 5.91. The van der Waals surface area contributed by atoms with E-state index >= 15 is 0 Å². The van der Waals surface area contributed by atoms with Gasteiger partial charge in [0.15, 0.2) is 0 Å². The summed E-state index contributed by atoms with van der Waals surface area (Å²) in [6, 6.07) is 16.6. The van der Waals surface area contributed by atoms with E-state index in [9.17, 15) is 4.79 Å². The van der Waals surface area contributed by atoms with Crippen LogP contribution in [-0.4, -0.2) is 56.2 Å². The van der Waals surface area contributed by atoms with E-state index in [1.54, 1.807) is 10.9 Å². The third kappa shape index (κ3) is 5.95. The summed E-state index contributed by atoms with van der Waals surface area (Å²) in [5, 5.41) is 13.2. The number of rotatable bonds is 9. The quantitative estimate of drug-likeness (QED) is 0.216. The molecular weight excluding hydrogens is 542 g/mol. The van der Waals surface area contributed by atoms with Crippen molar-refractivity contribution in [1.82, 2.24) is 24.8 Å². The Kier molecular flexibility index (Phi) is 7.74. The Morgan fingerprint density at radius 3 is 2.60 bits per heavy atom. The van der Waals surface area contributed by atoms with Gasteiger partial charge in [-0.2, -0.15) is 5.10 Å². The van der Waals surface area contributed by atoms with Crippen LogP contribution < -0.4 is 4.74 Å². The third-order valence-corrected chi connectivity index (χ3v) is 9.22. The zero-order chi connectivity index (χ0) is 29.3. The summed E-state index contributed by atoms with van der Waals surface area (Å²) in [6.45, 7) is 3.25. The van der Waals surface area contributed by atoms with Gasteiger partial charge in [0.25, 0.3) is 0 Å². The second kappa shape index (κ2) is 12.0. The number of aryl methyl sites for hydroxylation is 1. The molecule has 7 rings (SSSR count). The van der Waals surface area contributed by atoms with Crippen LogP contribution in [0.2, 0.25) is 0 Å². The standard InChI is InChI=1S/C34H39N5O4/c1-22(23-8-4-3-5-9-23)42-27-13-7-11-25(17-27)24-10-6-12-26(16-24)39-33(30-18-29(30)32-20-38(2)37-36-32)31(19-35-39)34(40)43-28-14-15-41-21-28/h6-7,10-13,16-17,19-20,22-23,28-30H,3-5,8-9,14-15,18,21H2,1-2H3/t22-,28?,29+,30+/m0/s1. The number of benzene rings is 2. The van der Waals surface area contributed by atoms with Gasteiger partial charge in [-0.1, -0.05) is 48.7 Å². The Morgan fingerprint density at radius 1 is 1.02 bits per heavy atom. The SMILES string of the molecule is C[C@H](Oc1cccc(-c2cccc(-n3ncc(C(=O)OC4CCOC4)c3[C@@H]3C[C@H]3c3cn(C)nn3)c2)c1)C1CCCCC1. The fraction of sp³-hybridized carbons (Fsp3) is 0.471. The molecule has 0 bridgehead atoms. The van der Waals surface area contributed by atoms with E-state index < -0.39 is 0 Å². The molecule has 2 aromatic carbocycles. The molecule has 0 spiro atoms. The van der Waals surface area contributed by atoms with Crippen LogP contribution in [0.25, 0.3) is 16.8 Å². The van der Waals surface area contributed by atoms with Gasteiger partial charge in [0.05, 0.1) is 42.6 Å². The molecule has 0 amide bonds. The van der Waals surface area contributed by atoms with Crippen molar-refractivity contribution in [1.29, 1.82) is 0 Å². The van der Waals surface area contributed by atoms with Crippen LogP contribution >= 0.6 is 0 Å². The van der Waals surface area contributed by atoms with Crippen LogP contribution in [0.4, 0.5) is 0 Å². The fourth-order valence-corrected chi connectivity index (χ4v) is 6.74. The van der Waals surface area contributed by atoms with E-state index in [1.807, 2.05) is 36.1 Å². The molecule has 0 radical (unpaired) electrons. The first-order valence-electron chi connectivity index (χ1n) is 15.6. The van der Waals surface area contributed by atoms with Crippen LogP contribution in [0, 0.1) is 5.92 Å². The zero-order valence-corrected chi connectivity index (χ0v) is 24.9. The first-order chi connectivity index (χ1) is 21.0. The lowest BCUT2D eigenvalue weighted by atomic mass is 9.86. The van der Waals surface area contributed by atoms with E-state index in [4.69, 9.17) is 19.3 Å². The molecule has 2 saturated carbocycles.